The lowest BCUT2D eigenvalue weighted by molar-refractivity contribution is -0.0150. The van der Waals surface area contributed by atoms with Gasteiger partial charge in [-0.15, -0.1) is 0 Å². The van der Waals surface area contributed by atoms with E-state index in [1.807, 2.05) is 31.7 Å². The van der Waals surface area contributed by atoms with Crippen molar-refractivity contribution in [2.24, 2.45) is 0 Å². The summed E-state index contributed by atoms with van der Waals surface area (Å²) in [4.78, 5) is 16.8. The largest absolute Gasteiger partial charge is 0.444 e. The van der Waals surface area contributed by atoms with Crippen LogP contribution in [0.1, 0.15) is 46.6 Å². The standard InChI is InChI=1S/C19H30N2O2/c1-6-17-14-21(18(22)23-19(3,4)5)15(2)12-20(17)13-16-10-8-7-9-11-16/h7-11,15,17H,6,12-14H2,1-5H3/t15-,17+/m1/s1. The molecule has 23 heavy (non-hydrogen) atoms. The number of amides is 1. The Labute approximate surface area is 140 Å². The first-order valence-electron chi connectivity index (χ1n) is 8.57. The first kappa shape index (κ1) is 17.8. The summed E-state index contributed by atoms with van der Waals surface area (Å²) < 4.78 is 5.56. The Hall–Kier alpha value is -1.55. The summed E-state index contributed by atoms with van der Waals surface area (Å²) in [5.74, 6) is 0. The fraction of sp³-hybridized carbons (Fsp3) is 0.632. The molecule has 0 aromatic heterocycles. The van der Waals surface area contributed by atoms with Gasteiger partial charge < -0.3 is 9.64 Å². The minimum absolute atomic E-state index is 0.163. The second-order valence-corrected chi connectivity index (χ2v) is 7.46. The Balaban J connectivity index is 2.04. The highest BCUT2D eigenvalue weighted by Crippen LogP contribution is 2.22. The molecule has 4 nitrogen and oxygen atoms in total. The molecular formula is C19H30N2O2. The third-order valence-corrected chi connectivity index (χ3v) is 4.28. The van der Waals surface area contributed by atoms with E-state index in [-0.39, 0.29) is 12.1 Å². The van der Waals surface area contributed by atoms with E-state index in [0.29, 0.717) is 6.04 Å². The molecule has 1 fully saturated rings. The summed E-state index contributed by atoms with van der Waals surface area (Å²) in [6, 6.07) is 11.1. The molecule has 1 heterocycles. The number of nitrogens with zero attached hydrogens (tertiary/aromatic N) is 2. The number of hydrogen-bond donors (Lipinski definition) is 0. The molecule has 0 radical (unpaired) electrons. The molecule has 1 aromatic carbocycles. The van der Waals surface area contributed by atoms with Crippen LogP contribution in [-0.4, -0.2) is 46.7 Å². The van der Waals surface area contributed by atoms with Crippen LogP contribution in [0.4, 0.5) is 4.79 Å². The number of carbonyl (C=O) groups excluding carboxylic acids is 1. The third-order valence-electron chi connectivity index (χ3n) is 4.28. The molecular weight excluding hydrogens is 288 g/mol. The van der Waals surface area contributed by atoms with Gasteiger partial charge in [0.1, 0.15) is 5.60 Å². The fourth-order valence-corrected chi connectivity index (χ4v) is 3.08. The lowest BCUT2D eigenvalue weighted by Crippen LogP contribution is -2.59. The second kappa shape index (κ2) is 7.35. The SMILES string of the molecule is CC[C@H]1CN(C(=O)OC(C)(C)C)[C@H](C)CN1Cc1ccccc1. The molecule has 0 bridgehead atoms. The number of hydrogen-bond acceptors (Lipinski definition) is 3. The first-order valence-corrected chi connectivity index (χ1v) is 8.57. The molecule has 0 unspecified atom stereocenters. The van der Waals surface area contributed by atoms with Crippen molar-refractivity contribution in [3.8, 4) is 0 Å². The van der Waals surface area contributed by atoms with Gasteiger partial charge in [0.15, 0.2) is 0 Å². The van der Waals surface area contributed by atoms with E-state index in [1.165, 1.54) is 5.56 Å². The highest BCUT2D eigenvalue weighted by atomic mass is 16.6. The highest BCUT2D eigenvalue weighted by Gasteiger charge is 2.35. The van der Waals surface area contributed by atoms with Crippen LogP contribution in [-0.2, 0) is 11.3 Å². The molecule has 128 valence electrons. The van der Waals surface area contributed by atoms with Crippen LogP contribution in [0.15, 0.2) is 30.3 Å². The molecule has 1 amide bonds. The summed E-state index contributed by atoms with van der Waals surface area (Å²) in [5, 5.41) is 0. The maximum Gasteiger partial charge on any atom is 0.410 e. The van der Waals surface area contributed by atoms with Gasteiger partial charge in [-0.2, -0.15) is 0 Å². The number of carbonyl (C=O) groups is 1. The van der Waals surface area contributed by atoms with Gasteiger partial charge >= 0.3 is 6.09 Å². The smallest absolute Gasteiger partial charge is 0.410 e. The van der Waals surface area contributed by atoms with Crippen LogP contribution in [0.3, 0.4) is 0 Å². The molecule has 1 aromatic rings. The number of piperazine rings is 1. The van der Waals surface area contributed by atoms with E-state index in [4.69, 9.17) is 4.74 Å². The summed E-state index contributed by atoms with van der Waals surface area (Å²) in [6.07, 6.45) is 0.835. The van der Waals surface area contributed by atoms with Gasteiger partial charge in [0.2, 0.25) is 0 Å². The highest BCUT2D eigenvalue weighted by molar-refractivity contribution is 5.68. The Kier molecular flexibility index (Phi) is 5.69. The van der Waals surface area contributed by atoms with Gasteiger partial charge in [-0.1, -0.05) is 37.3 Å². The quantitative estimate of drug-likeness (QED) is 0.847. The third kappa shape index (κ3) is 4.96. The van der Waals surface area contributed by atoms with E-state index < -0.39 is 5.60 Å². The van der Waals surface area contributed by atoms with Crippen molar-refractivity contribution in [2.75, 3.05) is 13.1 Å². The molecule has 0 aliphatic carbocycles. The lowest BCUT2D eigenvalue weighted by atomic mass is 10.0. The Bertz CT molecular complexity index is 510. The summed E-state index contributed by atoms with van der Waals surface area (Å²) in [5.41, 5.74) is 0.878. The first-order chi connectivity index (χ1) is 10.8. The second-order valence-electron chi connectivity index (χ2n) is 7.46. The molecule has 0 saturated carbocycles. The number of benzene rings is 1. The van der Waals surface area contributed by atoms with Crippen molar-refractivity contribution in [1.29, 1.82) is 0 Å². The zero-order chi connectivity index (χ0) is 17.0. The summed E-state index contributed by atoms with van der Waals surface area (Å²) in [7, 11) is 0. The van der Waals surface area contributed by atoms with Crippen LogP contribution in [0.25, 0.3) is 0 Å². The normalized spacial score (nSPS) is 22.9. The van der Waals surface area contributed by atoms with Crippen molar-refractivity contribution >= 4 is 6.09 Å². The Morgan fingerprint density at radius 1 is 1.22 bits per heavy atom. The van der Waals surface area contributed by atoms with Gasteiger partial charge in [0, 0.05) is 31.7 Å². The summed E-state index contributed by atoms with van der Waals surface area (Å²) in [6.45, 7) is 12.6. The number of ether oxygens (including phenoxy) is 1. The van der Waals surface area contributed by atoms with Gasteiger partial charge in [-0.25, -0.2) is 4.79 Å². The van der Waals surface area contributed by atoms with Crippen LogP contribution >= 0.6 is 0 Å². The van der Waals surface area contributed by atoms with Crippen molar-refractivity contribution in [3.05, 3.63) is 35.9 Å². The molecule has 2 rings (SSSR count). The van der Waals surface area contributed by atoms with Crippen molar-refractivity contribution in [3.63, 3.8) is 0 Å². The van der Waals surface area contributed by atoms with Crippen LogP contribution in [0, 0.1) is 0 Å². The van der Waals surface area contributed by atoms with E-state index in [2.05, 4.69) is 43.0 Å². The van der Waals surface area contributed by atoms with E-state index in [1.54, 1.807) is 0 Å². The molecule has 4 heteroatoms. The van der Waals surface area contributed by atoms with Crippen molar-refractivity contribution in [2.45, 2.75) is 65.3 Å². The van der Waals surface area contributed by atoms with Crippen molar-refractivity contribution < 1.29 is 9.53 Å². The molecule has 0 spiro atoms. The topological polar surface area (TPSA) is 32.8 Å². The van der Waals surface area contributed by atoms with Crippen molar-refractivity contribution in [1.82, 2.24) is 9.80 Å². The Morgan fingerprint density at radius 2 is 1.87 bits per heavy atom. The zero-order valence-corrected chi connectivity index (χ0v) is 15.1. The average Bonchev–Trinajstić information content (AvgIpc) is 2.46. The van der Waals surface area contributed by atoms with Gasteiger partial charge in [-0.05, 0) is 39.7 Å². The van der Waals surface area contributed by atoms with E-state index in [9.17, 15) is 4.79 Å². The van der Waals surface area contributed by atoms with Gasteiger partial charge in [0.05, 0.1) is 0 Å². The minimum Gasteiger partial charge on any atom is -0.444 e. The molecule has 1 saturated heterocycles. The van der Waals surface area contributed by atoms with E-state index >= 15 is 0 Å². The summed E-state index contributed by atoms with van der Waals surface area (Å²) >= 11 is 0. The lowest BCUT2D eigenvalue weighted by Gasteiger charge is -2.45. The van der Waals surface area contributed by atoms with Gasteiger partial charge in [0.25, 0.3) is 0 Å². The molecule has 1 aliphatic rings. The van der Waals surface area contributed by atoms with Crippen LogP contribution < -0.4 is 0 Å². The van der Waals surface area contributed by atoms with Crippen LogP contribution in [0.2, 0.25) is 0 Å². The predicted molar refractivity (Wildman–Crippen MR) is 93.3 cm³/mol. The predicted octanol–water partition coefficient (Wildman–Crippen LogP) is 3.91. The maximum absolute atomic E-state index is 12.4. The zero-order valence-electron chi connectivity index (χ0n) is 15.1. The molecule has 1 aliphatic heterocycles. The fourth-order valence-electron chi connectivity index (χ4n) is 3.08. The monoisotopic (exact) mass is 318 g/mol. The molecule has 2 atom stereocenters. The minimum atomic E-state index is -0.445. The average molecular weight is 318 g/mol. The number of rotatable bonds is 3. The maximum atomic E-state index is 12.4. The van der Waals surface area contributed by atoms with Gasteiger partial charge in [-0.3, -0.25) is 4.90 Å². The Morgan fingerprint density at radius 3 is 2.43 bits per heavy atom. The van der Waals surface area contributed by atoms with Crippen LogP contribution in [0.5, 0.6) is 0 Å². The van der Waals surface area contributed by atoms with E-state index in [0.717, 1.165) is 26.1 Å². The molecule has 0 N–H and O–H groups in total.